The summed E-state index contributed by atoms with van der Waals surface area (Å²) in [5.74, 6) is 0.791. The van der Waals surface area contributed by atoms with Crippen LogP contribution in [0.1, 0.15) is 25.6 Å². The predicted molar refractivity (Wildman–Crippen MR) is 48.7 cm³/mol. The van der Waals surface area contributed by atoms with Crippen LogP contribution in [0, 0.1) is 0 Å². The molecule has 1 aliphatic rings. The molecule has 0 bridgehead atoms. The molecule has 0 saturated carbocycles. The number of hydrogen-bond donors (Lipinski definition) is 3. The van der Waals surface area contributed by atoms with Crippen LogP contribution in [0.5, 0.6) is 0 Å². The van der Waals surface area contributed by atoms with Gasteiger partial charge in [-0.25, -0.2) is 9.89 Å². The monoisotopic (exact) mass is 182 g/mol. The summed E-state index contributed by atoms with van der Waals surface area (Å²) in [5.41, 5.74) is -0.181. The summed E-state index contributed by atoms with van der Waals surface area (Å²) in [6.45, 7) is 4.12. The summed E-state index contributed by atoms with van der Waals surface area (Å²) in [4.78, 5) is 13.6. The number of nitrogens with zero attached hydrogens (tertiary/aromatic N) is 1. The van der Waals surface area contributed by atoms with Gasteiger partial charge < -0.3 is 5.32 Å². The van der Waals surface area contributed by atoms with E-state index in [1.54, 1.807) is 0 Å². The second-order valence-corrected chi connectivity index (χ2v) is 3.84. The fraction of sp³-hybridized carbons (Fsp3) is 0.750. The smallest absolute Gasteiger partial charge is 0.317 e. The molecule has 0 aromatic carbocycles. The molecule has 1 saturated heterocycles. The van der Waals surface area contributed by atoms with E-state index < -0.39 is 0 Å². The fourth-order valence-electron chi connectivity index (χ4n) is 1.77. The first-order chi connectivity index (χ1) is 6.21. The van der Waals surface area contributed by atoms with Gasteiger partial charge in [0, 0.05) is 5.41 Å². The molecule has 0 atom stereocenters. The van der Waals surface area contributed by atoms with Crippen LogP contribution >= 0.6 is 0 Å². The summed E-state index contributed by atoms with van der Waals surface area (Å²) < 4.78 is 0. The van der Waals surface area contributed by atoms with Crippen LogP contribution in [0.3, 0.4) is 0 Å². The van der Waals surface area contributed by atoms with Crippen molar-refractivity contribution in [2.75, 3.05) is 13.1 Å². The standard InChI is InChI=1S/C8H14N4O/c1-8(2-4-9-5-3-8)6-10-7(13)12-11-6/h9H,2-5H2,1H3,(H2,10,11,12,13). The molecule has 0 radical (unpaired) electrons. The highest BCUT2D eigenvalue weighted by Crippen LogP contribution is 2.28. The largest absolute Gasteiger partial charge is 0.340 e. The molecular weight excluding hydrogens is 168 g/mol. The Morgan fingerprint density at radius 1 is 1.38 bits per heavy atom. The maximum absolute atomic E-state index is 10.9. The van der Waals surface area contributed by atoms with Crippen molar-refractivity contribution in [1.82, 2.24) is 20.5 Å². The Labute approximate surface area is 75.9 Å². The van der Waals surface area contributed by atoms with Gasteiger partial charge in [0.1, 0.15) is 5.82 Å². The van der Waals surface area contributed by atoms with Crippen LogP contribution in [0.4, 0.5) is 0 Å². The number of rotatable bonds is 1. The van der Waals surface area contributed by atoms with Gasteiger partial charge in [-0.05, 0) is 25.9 Å². The fourth-order valence-corrected chi connectivity index (χ4v) is 1.77. The van der Waals surface area contributed by atoms with Gasteiger partial charge in [-0.15, -0.1) is 0 Å². The van der Waals surface area contributed by atoms with Gasteiger partial charge in [-0.1, -0.05) is 6.92 Å². The molecule has 72 valence electrons. The van der Waals surface area contributed by atoms with Crippen LogP contribution < -0.4 is 11.0 Å². The SMILES string of the molecule is CC1(c2n[nH]c(=O)[nH]2)CCNCC1. The minimum atomic E-state index is -0.213. The molecule has 3 N–H and O–H groups in total. The number of hydrogen-bond acceptors (Lipinski definition) is 3. The number of H-pyrrole nitrogens is 2. The third-order valence-corrected chi connectivity index (χ3v) is 2.78. The first kappa shape index (κ1) is 8.50. The van der Waals surface area contributed by atoms with Gasteiger partial charge in [0.2, 0.25) is 0 Å². The van der Waals surface area contributed by atoms with E-state index in [0.29, 0.717) is 0 Å². The quantitative estimate of drug-likeness (QED) is 0.560. The van der Waals surface area contributed by atoms with E-state index in [0.717, 1.165) is 31.8 Å². The Morgan fingerprint density at radius 3 is 2.62 bits per heavy atom. The highest BCUT2D eigenvalue weighted by molar-refractivity contribution is 5.05. The Kier molecular flexibility index (Phi) is 1.95. The lowest BCUT2D eigenvalue weighted by atomic mass is 9.80. The van der Waals surface area contributed by atoms with Gasteiger partial charge in [0.25, 0.3) is 0 Å². The van der Waals surface area contributed by atoms with Crippen LogP contribution in [0.15, 0.2) is 4.79 Å². The van der Waals surface area contributed by atoms with E-state index in [1.165, 1.54) is 0 Å². The molecule has 1 fully saturated rings. The second-order valence-electron chi connectivity index (χ2n) is 3.84. The molecule has 5 nitrogen and oxygen atoms in total. The van der Waals surface area contributed by atoms with Crippen molar-refractivity contribution in [3.63, 3.8) is 0 Å². The van der Waals surface area contributed by atoms with Gasteiger partial charge >= 0.3 is 5.69 Å². The van der Waals surface area contributed by atoms with Crippen molar-refractivity contribution < 1.29 is 0 Å². The molecule has 0 spiro atoms. The molecule has 2 heterocycles. The molecule has 0 unspecified atom stereocenters. The molecule has 5 heteroatoms. The Balaban J connectivity index is 2.27. The molecule has 1 aliphatic heterocycles. The third-order valence-electron chi connectivity index (χ3n) is 2.78. The summed E-state index contributed by atoms with van der Waals surface area (Å²) in [5, 5.41) is 9.69. The van der Waals surface area contributed by atoms with Gasteiger partial charge in [0.15, 0.2) is 0 Å². The molecule has 2 rings (SSSR count). The zero-order valence-electron chi connectivity index (χ0n) is 7.68. The van der Waals surface area contributed by atoms with E-state index in [4.69, 9.17) is 0 Å². The Bertz CT molecular complexity index is 334. The maximum Gasteiger partial charge on any atom is 0.340 e. The van der Waals surface area contributed by atoms with Crippen molar-refractivity contribution in [3.8, 4) is 0 Å². The van der Waals surface area contributed by atoms with Gasteiger partial charge in [0.05, 0.1) is 0 Å². The number of aromatic amines is 2. The highest BCUT2D eigenvalue weighted by Gasteiger charge is 2.31. The number of aromatic nitrogens is 3. The average Bonchev–Trinajstić information content (AvgIpc) is 2.54. The topological polar surface area (TPSA) is 73.6 Å². The Morgan fingerprint density at radius 2 is 2.08 bits per heavy atom. The van der Waals surface area contributed by atoms with Crippen molar-refractivity contribution in [2.24, 2.45) is 0 Å². The van der Waals surface area contributed by atoms with Gasteiger partial charge in [-0.3, -0.25) is 4.98 Å². The van der Waals surface area contributed by atoms with Crippen LogP contribution in [0.2, 0.25) is 0 Å². The zero-order valence-corrected chi connectivity index (χ0v) is 7.68. The molecule has 1 aromatic heterocycles. The van der Waals surface area contributed by atoms with Crippen LogP contribution in [0.25, 0.3) is 0 Å². The lowest BCUT2D eigenvalue weighted by molar-refractivity contribution is 0.319. The van der Waals surface area contributed by atoms with Gasteiger partial charge in [-0.2, -0.15) is 5.10 Å². The zero-order chi connectivity index (χ0) is 9.31. The van der Waals surface area contributed by atoms with E-state index >= 15 is 0 Å². The second kappa shape index (κ2) is 2.99. The van der Waals surface area contributed by atoms with E-state index in [1.807, 2.05) is 0 Å². The van der Waals surface area contributed by atoms with E-state index in [2.05, 4.69) is 27.4 Å². The van der Waals surface area contributed by atoms with Crippen molar-refractivity contribution in [1.29, 1.82) is 0 Å². The molecular formula is C8H14N4O. The minimum Gasteiger partial charge on any atom is -0.317 e. The summed E-state index contributed by atoms with van der Waals surface area (Å²) in [6.07, 6.45) is 2.04. The van der Waals surface area contributed by atoms with Crippen LogP contribution in [-0.4, -0.2) is 28.3 Å². The van der Waals surface area contributed by atoms with Crippen molar-refractivity contribution >= 4 is 0 Å². The molecule has 0 amide bonds. The summed E-state index contributed by atoms with van der Waals surface area (Å²) >= 11 is 0. The normalized spacial score (nSPS) is 21.6. The van der Waals surface area contributed by atoms with Crippen molar-refractivity contribution in [3.05, 3.63) is 16.3 Å². The average molecular weight is 182 g/mol. The first-order valence-electron chi connectivity index (χ1n) is 4.57. The number of nitrogens with one attached hydrogen (secondary N) is 3. The van der Waals surface area contributed by atoms with Crippen LogP contribution in [-0.2, 0) is 5.41 Å². The summed E-state index contributed by atoms with van der Waals surface area (Å²) in [6, 6.07) is 0. The number of piperidine rings is 1. The predicted octanol–water partition coefficient (Wildman–Crippen LogP) is -0.261. The van der Waals surface area contributed by atoms with Crippen molar-refractivity contribution in [2.45, 2.75) is 25.2 Å². The molecule has 1 aromatic rings. The molecule has 13 heavy (non-hydrogen) atoms. The highest BCUT2D eigenvalue weighted by atomic mass is 16.1. The van der Waals surface area contributed by atoms with E-state index in [9.17, 15) is 4.79 Å². The minimum absolute atomic E-state index is 0.0322. The lowest BCUT2D eigenvalue weighted by Crippen LogP contribution is -2.38. The lowest BCUT2D eigenvalue weighted by Gasteiger charge is -2.31. The first-order valence-corrected chi connectivity index (χ1v) is 4.57. The van der Waals surface area contributed by atoms with E-state index in [-0.39, 0.29) is 11.1 Å². The third kappa shape index (κ3) is 1.51. The summed E-state index contributed by atoms with van der Waals surface area (Å²) in [7, 11) is 0. The maximum atomic E-state index is 10.9. The molecule has 0 aliphatic carbocycles. The Hall–Kier alpha value is -1.10.